The second-order valence-electron chi connectivity index (χ2n) is 4.40. The van der Waals surface area contributed by atoms with Crippen LogP contribution in [-0.2, 0) is 0 Å². The van der Waals surface area contributed by atoms with Crippen molar-refractivity contribution in [3.63, 3.8) is 0 Å². The van der Waals surface area contributed by atoms with E-state index < -0.39 is 0 Å². The first-order valence-electron chi connectivity index (χ1n) is 6.03. The van der Waals surface area contributed by atoms with Crippen molar-refractivity contribution in [2.45, 2.75) is 38.4 Å². The van der Waals surface area contributed by atoms with Crippen molar-refractivity contribution in [2.75, 3.05) is 17.6 Å². The van der Waals surface area contributed by atoms with E-state index in [1.807, 2.05) is 13.8 Å². The number of halogens is 1. The Morgan fingerprint density at radius 2 is 2.18 bits per heavy atom. The molecule has 2 rings (SSSR count). The predicted octanol–water partition coefficient (Wildman–Crippen LogP) is 3.44. The summed E-state index contributed by atoms with van der Waals surface area (Å²) in [5.41, 5.74) is 0.943. The van der Waals surface area contributed by atoms with Gasteiger partial charge < -0.3 is 5.32 Å². The van der Waals surface area contributed by atoms with Crippen LogP contribution in [-0.4, -0.2) is 27.5 Å². The Hall–Kier alpha value is -0.480. The zero-order valence-electron chi connectivity index (χ0n) is 10.3. The second kappa shape index (κ2) is 5.91. The molecule has 0 spiro atoms. The minimum atomic E-state index is 0.552. The fourth-order valence-corrected chi connectivity index (χ4v) is 3.40. The summed E-state index contributed by atoms with van der Waals surface area (Å²) >= 11 is 8.10. The third-order valence-corrected chi connectivity index (χ3v) is 4.74. The van der Waals surface area contributed by atoms with E-state index in [9.17, 15) is 0 Å². The predicted molar refractivity (Wildman–Crippen MR) is 75.1 cm³/mol. The molecule has 1 saturated heterocycles. The summed E-state index contributed by atoms with van der Waals surface area (Å²) in [5.74, 6) is 2.89. The molecule has 1 fully saturated rings. The van der Waals surface area contributed by atoms with Gasteiger partial charge in [-0.1, -0.05) is 18.0 Å². The van der Waals surface area contributed by atoms with Crippen LogP contribution < -0.4 is 5.32 Å². The molecular weight excluding hydrogens is 254 g/mol. The quantitative estimate of drug-likeness (QED) is 0.855. The Labute approximate surface area is 112 Å². The standard InChI is InChI=1S/C12H18ClN3S/c1-8-11(13)15-9(2)16-12(8)14-7-10-5-3-4-6-17-10/h10H,3-7H2,1-2H3,(H,14,15,16). The highest BCUT2D eigenvalue weighted by molar-refractivity contribution is 7.99. The highest BCUT2D eigenvalue weighted by atomic mass is 35.5. The summed E-state index contributed by atoms with van der Waals surface area (Å²) in [7, 11) is 0. The Kier molecular flexibility index (Phi) is 4.51. The van der Waals surface area contributed by atoms with Crippen molar-refractivity contribution in [1.29, 1.82) is 0 Å². The fraction of sp³-hybridized carbons (Fsp3) is 0.667. The lowest BCUT2D eigenvalue weighted by atomic mass is 10.2. The molecule has 3 nitrogen and oxygen atoms in total. The van der Waals surface area contributed by atoms with E-state index >= 15 is 0 Å². The van der Waals surface area contributed by atoms with Gasteiger partial charge in [-0.3, -0.25) is 0 Å². The zero-order chi connectivity index (χ0) is 12.3. The van der Waals surface area contributed by atoms with Crippen LogP contribution in [0.5, 0.6) is 0 Å². The molecule has 1 unspecified atom stereocenters. The molecule has 2 heterocycles. The summed E-state index contributed by atoms with van der Waals surface area (Å²) in [6.45, 7) is 4.79. The summed E-state index contributed by atoms with van der Waals surface area (Å²) in [6.07, 6.45) is 4.01. The molecule has 0 amide bonds. The SMILES string of the molecule is Cc1nc(Cl)c(C)c(NCC2CCCCS2)n1. The van der Waals surface area contributed by atoms with Crippen molar-refractivity contribution in [2.24, 2.45) is 0 Å². The number of nitrogens with zero attached hydrogens (tertiary/aromatic N) is 2. The highest BCUT2D eigenvalue weighted by Gasteiger charge is 2.15. The number of hydrogen-bond acceptors (Lipinski definition) is 4. The van der Waals surface area contributed by atoms with E-state index in [0.717, 1.165) is 23.8 Å². The van der Waals surface area contributed by atoms with E-state index in [1.54, 1.807) is 0 Å². The molecule has 5 heteroatoms. The molecule has 1 aromatic heterocycles. The highest BCUT2D eigenvalue weighted by Crippen LogP contribution is 2.26. The molecule has 0 saturated carbocycles. The van der Waals surface area contributed by atoms with E-state index in [4.69, 9.17) is 11.6 Å². The van der Waals surface area contributed by atoms with Gasteiger partial charge in [0.1, 0.15) is 16.8 Å². The molecular formula is C12H18ClN3S. The normalized spacial score (nSPS) is 20.3. The van der Waals surface area contributed by atoms with E-state index in [-0.39, 0.29) is 0 Å². The maximum atomic E-state index is 6.04. The summed E-state index contributed by atoms with van der Waals surface area (Å²) in [5, 5.41) is 4.67. The van der Waals surface area contributed by atoms with Crippen LogP contribution in [0.4, 0.5) is 5.82 Å². The summed E-state index contributed by atoms with van der Waals surface area (Å²) < 4.78 is 0. The molecule has 1 N–H and O–H groups in total. The van der Waals surface area contributed by atoms with Crippen LogP contribution in [0.15, 0.2) is 0 Å². The van der Waals surface area contributed by atoms with Crippen LogP contribution >= 0.6 is 23.4 Å². The van der Waals surface area contributed by atoms with Gasteiger partial charge in [0.15, 0.2) is 0 Å². The minimum absolute atomic E-state index is 0.552. The minimum Gasteiger partial charge on any atom is -0.369 e. The average Bonchev–Trinajstić information content (AvgIpc) is 2.33. The van der Waals surface area contributed by atoms with Crippen molar-refractivity contribution >= 4 is 29.2 Å². The lowest BCUT2D eigenvalue weighted by Gasteiger charge is -2.22. The molecule has 0 aromatic carbocycles. The maximum Gasteiger partial charge on any atom is 0.137 e. The van der Waals surface area contributed by atoms with Crippen LogP contribution in [0, 0.1) is 13.8 Å². The zero-order valence-corrected chi connectivity index (χ0v) is 11.9. The lowest BCUT2D eigenvalue weighted by molar-refractivity contribution is 0.676. The third kappa shape index (κ3) is 3.49. The number of hydrogen-bond donors (Lipinski definition) is 1. The van der Waals surface area contributed by atoms with Crippen molar-refractivity contribution in [3.8, 4) is 0 Å². The number of nitrogens with one attached hydrogen (secondary N) is 1. The molecule has 1 aromatic rings. The first-order valence-corrected chi connectivity index (χ1v) is 7.45. The monoisotopic (exact) mass is 271 g/mol. The summed E-state index contributed by atoms with van der Waals surface area (Å²) in [4.78, 5) is 8.54. The molecule has 0 radical (unpaired) electrons. The van der Waals surface area contributed by atoms with Gasteiger partial charge >= 0.3 is 0 Å². The number of rotatable bonds is 3. The number of aromatic nitrogens is 2. The van der Waals surface area contributed by atoms with Gasteiger partial charge in [0, 0.05) is 17.4 Å². The number of anilines is 1. The van der Waals surface area contributed by atoms with Crippen molar-refractivity contribution in [1.82, 2.24) is 9.97 Å². The molecule has 0 bridgehead atoms. The number of aryl methyl sites for hydroxylation is 1. The molecule has 0 aliphatic carbocycles. The van der Waals surface area contributed by atoms with Gasteiger partial charge in [-0.15, -0.1) is 0 Å². The van der Waals surface area contributed by atoms with Gasteiger partial charge in [-0.05, 0) is 32.4 Å². The second-order valence-corrected chi connectivity index (χ2v) is 6.17. The van der Waals surface area contributed by atoms with Gasteiger partial charge in [0.25, 0.3) is 0 Å². The van der Waals surface area contributed by atoms with Gasteiger partial charge in [0.05, 0.1) is 0 Å². The topological polar surface area (TPSA) is 37.8 Å². The molecule has 1 atom stereocenters. The molecule has 17 heavy (non-hydrogen) atoms. The average molecular weight is 272 g/mol. The summed E-state index contributed by atoms with van der Waals surface area (Å²) in [6, 6.07) is 0. The smallest absolute Gasteiger partial charge is 0.137 e. The van der Waals surface area contributed by atoms with Crippen LogP contribution in [0.1, 0.15) is 30.7 Å². The van der Waals surface area contributed by atoms with Crippen LogP contribution in [0.3, 0.4) is 0 Å². The number of thioether (sulfide) groups is 1. The maximum absolute atomic E-state index is 6.04. The Morgan fingerprint density at radius 3 is 2.88 bits per heavy atom. The molecule has 1 aliphatic rings. The Morgan fingerprint density at radius 1 is 1.35 bits per heavy atom. The first kappa shape index (κ1) is 13.0. The van der Waals surface area contributed by atoms with E-state index in [2.05, 4.69) is 27.0 Å². The third-order valence-electron chi connectivity index (χ3n) is 2.97. The first-order chi connectivity index (χ1) is 8.16. The van der Waals surface area contributed by atoms with E-state index in [0.29, 0.717) is 10.4 Å². The van der Waals surface area contributed by atoms with E-state index in [1.165, 1.54) is 25.0 Å². The largest absolute Gasteiger partial charge is 0.369 e. The van der Waals surface area contributed by atoms with Crippen LogP contribution in [0.25, 0.3) is 0 Å². The van der Waals surface area contributed by atoms with Crippen LogP contribution in [0.2, 0.25) is 5.15 Å². The van der Waals surface area contributed by atoms with Gasteiger partial charge in [-0.2, -0.15) is 11.8 Å². The fourth-order valence-electron chi connectivity index (χ4n) is 1.95. The lowest BCUT2D eigenvalue weighted by Crippen LogP contribution is -2.21. The van der Waals surface area contributed by atoms with Crippen molar-refractivity contribution in [3.05, 3.63) is 16.5 Å². The Balaban J connectivity index is 1.98. The van der Waals surface area contributed by atoms with Crippen molar-refractivity contribution < 1.29 is 0 Å². The Bertz CT molecular complexity index is 392. The van der Waals surface area contributed by atoms with Gasteiger partial charge in [-0.25, -0.2) is 9.97 Å². The molecule has 1 aliphatic heterocycles. The molecule has 94 valence electrons. The van der Waals surface area contributed by atoms with Gasteiger partial charge in [0.2, 0.25) is 0 Å².